The van der Waals surface area contributed by atoms with Crippen LogP contribution in [0.1, 0.15) is 32.6 Å². The Hall–Kier alpha value is -0.120. The second kappa shape index (κ2) is 5.99. The third-order valence-electron chi connectivity index (χ3n) is 4.05. The van der Waals surface area contributed by atoms with Crippen LogP contribution in [-0.2, 0) is 0 Å². The van der Waals surface area contributed by atoms with Crippen LogP contribution in [0.3, 0.4) is 0 Å². The molecule has 16 heavy (non-hydrogen) atoms. The average molecular weight is 226 g/mol. The highest BCUT2D eigenvalue weighted by molar-refractivity contribution is 4.78. The van der Waals surface area contributed by atoms with Crippen LogP contribution in [0.5, 0.6) is 0 Å². The van der Waals surface area contributed by atoms with E-state index in [1.165, 1.54) is 52.0 Å². The monoisotopic (exact) mass is 226 g/mol. The Labute approximate surface area is 99.4 Å². The molecular formula is C13H26N2O. The van der Waals surface area contributed by atoms with Gasteiger partial charge in [0, 0.05) is 19.6 Å². The van der Waals surface area contributed by atoms with Crippen LogP contribution in [0.25, 0.3) is 0 Å². The summed E-state index contributed by atoms with van der Waals surface area (Å²) in [5.41, 5.74) is 0. The van der Waals surface area contributed by atoms with Gasteiger partial charge >= 0.3 is 0 Å². The molecule has 2 fully saturated rings. The smallest absolute Gasteiger partial charge is 0.0667 e. The maximum Gasteiger partial charge on any atom is 0.0667 e. The summed E-state index contributed by atoms with van der Waals surface area (Å²) in [7, 11) is 0. The third kappa shape index (κ3) is 3.44. The van der Waals surface area contributed by atoms with Gasteiger partial charge in [0.1, 0.15) is 0 Å². The first kappa shape index (κ1) is 12.3. The maximum absolute atomic E-state index is 9.66. The summed E-state index contributed by atoms with van der Waals surface area (Å²) in [6.45, 7) is 9.31. The highest BCUT2D eigenvalue weighted by Gasteiger charge is 2.24. The Morgan fingerprint density at radius 1 is 1.06 bits per heavy atom. The Morgan fingerprint density at radius 3 is 2.56 bits per heavy atom. The molecule has 0 aromatic rings. The lowest BCUT2D eigenvalue weighted by molar-refractivity contribution is 0.0509. The molecule has 0 aromatic carbocycles. The van der Waals surface area contributed by atoms with Gasteiger partial charge in [-0.3, -0.25) is 0 Å². The number of aliphatic hydroxyl groups excluding tert-OH is 1. The van der Waals surface area contributed by atoms with E-state index >= 15 is 0 Å². The van der Waals surface area contributed by atoms with Crippen LogP contribution in [-0.4, -0.2) is 60.3 Å². The Kier molecular flexibility index (Phi) is 4.62. The molecule has 3 heteroatoms. The zero-order valence-electron chi connectivity index (χ0n) is 10.6. The molecule has 94 valence electrons. The van der Waals surface area contributed by atoms with Crippen molar-refractivity contribution in [3.8, 4) is 0 Å². The first-order valence-corrected chi connectivity index (χ1v) is 6.90. The van der Waals surface area contributed by atoms with Crippen molar-refractivity contribution in [2.45, 2.75) is 38.7 Å². The van der Waals surface area contributed by atoms with E-state index in [0.717, 1.165) is 18.9 Å². The predicted octanol–water partition coefficient (Wildman–Crippen LogP) is 1.18. The molecule has 2 aliphatic heterocycles. The van der Waals surface area contributed by atoms with Gasteiger partial charge in [-0.1, -0.05) is 6.92 Å². The van der Waals surface area contributed by atoms with Crippen molar-refractivity contribution in [3.63, 3.8) is 0 Å². The number of nitrogens with zero attached hydrogens (tertiary/aromatic N) is 2. The first-order chi connectivity index (χ1) is 7.78. The molecule has 2 rings (SSSR count). The lowest BCUT2D eigenvalue weighted by Crippen LogP contribution is -2.45. The van der Waals surface area contributed by atoms with E-state index in [0.29, 0.717) is 0 Å². The molecule has 2 saturated heterocycles. The number of hydrogen-bond acceptors (Lipinski definition) is 3. The molecule has 0 amide bonds. The van der Waals surface area contributed by atoms with Gasteiger partial charge in [0.25, 0.3) is 0 Å². The van der Waals surface area contributed by atoms with E-state index in [4.69, 9.17) is 0 Å². The number of β-amino-alcohol motifs (C(OH)–C–C–N with tert-alkyl or cyclic N) is 1. The predicted molar refractivity (Wildman–Crippen MR) is 66.5 cm³/mol. The second-order valence-corrected chi connectivity index (χ2v) is 5.46. The molecule has 2 aliphatic rings. The third-order valence-corrected chi connectivity index (χ3v) is 4.05. The molecule has 2 heterocycles. The van der Waals surface area contributed by atoms with Crippen molar-refractivity contribution in [3.05, 3.63) is 0 Å². The Bertz CT molecular complexity index is 210. The minimum Gasteiger partial charge on any atom is -0.392 e. The summed E-state index contributed by atoms with van der Waals surface area (Å²) < 4.78 is 0. The maximum atomic E-state index is 9.66. The molecule has 0 saturated carbocycles. The summed E-state index contributed by atoms with van der Waals surface area (Å²) in [5.74, 6) is 0.832. The zero-order valence-corrected chi connectivity index (χ0v) is 10.6. The van der Waals surface area contributed by atoms with Crippen LogP contribution < -0.4 is 0 Å². The molecule has 0 spiro atoms. The standard InChI is InChI=1S/C13H26N2O/c1-2-14-7-3-5-12(9-14)10-15-8-4-6-13(16)11-15/h12-13,16H,2-11H2,1H3. The Morgan fingerprint density at radius 2 is 1.81 bits per heavy atom. The minimum absolute atomic E-state index is 0.0698. The van der Waals surface area contributed by atoms with Crippen molar-refractivity contribution in [1.82, 2.24) is 9.80 Å². The summed E-state index contributed by atoms with van der Waals surface area (Å²) >= 11 is 0. The number of likely N-dealkylation sites (tertiary alicyclic amines) is 2. The van der Waals surface area contributed by atoms with Gasteiger partial charge in [0.15, 0.2) is 0 Å². The molecule has 3 nitrogen and oxygen atoms in total. The zero-order chi connectivity index (χ0) is 11.4. The highest BCUT2D eigenvalue weighted by atomic mass is 16.3. The van der Waals surface area contributed by atoms with E-state index in [1.54, 1.807) is 0 Å². The fraction of sp³-hybridized carbons (Fsp3) is 1.00. The minimum atomic E-state index is -0.0698. The number of hydrogen-bond donors (Lipinski definition) is 1. The van der Waals surface area contributed by atoms with Crippen molar-refractivity contribution in [2.75, 3.05) is 39.3 Å². The van der Waals surface area contributed by atoms with Gasteiger partial charge in [-0.15, -0.1) is 0 Å². The molecule has 2 unspecified atom stereocenters. The van der Waals surface area contributed by atoms with E-state index in [9.17, 15) is 5.11 Å². The fourth-order valence-electron chi connectivity index (χ4n) is 3.15. The Balaban J connectivity index is 1.75. The van der Waals surface area contributed by atoms with Crippen molar-refractivity contribution in [2.24, 2.45) is 5.92 Å². The molecule has 0 radical (unpaired) electrons. The summed E-state index contributed by atoms with van der Waals surface area (Å²) in [6.07, 6.45) is 4.84. The van der Waals surface area contributed by atoms with Gasteiger partial charge in [0.2, 0.25) is 0 Å². The van der Waals surface area contributed by atoms with Crippen LogP contribution in [0, 0.1) is 5.92 Å². The van der Waals surface area contributed by atoms with E-state index in [-0.39, 0.29) is 6.10 Å². The fourth-order valence-corrected chi connectivity index (χ4v) is 3.15. The average Bonchev–Trinajstić information content (AvgIpc) is 2.29. The number of rotatable bonds is 3. The van der Waals surface area contributed by atoms with Crippen molar-refractivity contribution >= 4 is 0 Å². The van der Waals surface area contributed by atoms with Crippen LogP contribution in [0.4, 0.5) is 0 Å². The number of aliphatic hydroxyl groups is 1. The lowest BCUT2D eigenvalue weighted by atomic mass is 9.96. The summed E-state index contributed by atoms with van der Waals surface area (Å²) in [4.78, 5) is 5.03. The molecular weight excluding hydrogens is 200 g/mol. The molecule has 2 atom stereocenters. The van der Waals surface area contributed by atoms with Crippen molar-refractivity contribution < 1.29 is 5.11 Å². The van der Waals surface area contributed by atoms with Gasteiger partial charge in [-0.05, 0) is 51.2 Å². The first-order valence-electron chi connectivity index (χ1n) is 6.90. The normalized spacial score (nSPS) is 34.1. The topological polar surface area (TPSA) is 26.7 Å². The summed E-state index contributed by atoms with van der Waals surface area (Å²) in [5, 5.41) is 9.66. The van der Waals surface area contributed by atoms with Gasteiger partial charge in [-0.25, -0.2) is 0 Å². The quantitative estimate of drug-likeness (QED) is 0.783. The lowest BCUT2D eigenvalue weighted by Gasteiger charge is -2.37. The van der Waals surface area contributed by atoms with Gasteiger partial charge < -0.3 is 14.9 Å². The number of piperidine rings is 2. The van der Waals surface area contributed by atoms with Gasteiger partial charge in [0.05, 0.1) is 6.10 Å². The SMILES string of the molecule is CCN1CCCC(CN2CCCC(O)C2)C1. The second-order valence-electron chi connectivity index (χ2n) is 5.46. The van der Waals surface area contributed by atoms with E-state index in [2.05, 4.69) is 16.7 Å². The molecule has 0 bridgehead atoms. The highest BCUT2D eigenvalue weighted by Crippen LogP contribution is 2.19. The van der Waals surface area contributed by atoms with E-state index in [1.807, 2.05) is 0 Å². The van der Waals surface area contributed by atoms with Crippen LogP contribution in [0.2, 0.25) is 0 Å². The largest absolute Gasteiger partial charge is 0.392 e. The molecule has 0 aromatic heterocycles. The van der Waals surface area contributed by atoms with E-state index < -0.39 is 0 Å². The van der Waals surface area contributed by atoms with Gasteiger partial charge in [-0.2, -0.15) is 0 Å². The van der Waals surface area contributed by atoms with Crippen LogP contribution in [0.15, 0.2) is 0 Å². The molecule has 1 N–H and O–H groups in total. The summed E-state index contributed by atoms with van der Waals surface area (Å²) in [6, 6.07) is 0. The molecule has 0 aliphatic carbocycles. The van der Waals surface area contributed by atoms with Crippen LogP contribution >= 0.6 is 0 Å². The van der Waals surface area contributed by atoms with Crippen molar-refractivity contribution in [1.29, 1.82) is 0 Å².